The van der Waals surface area contributed by atoms with Crippen molar-refractivity contribution in [2.45, 2.75) is 32.2 Å². The second-order valence-corrected chi connectivity index (χ2v) is 8.62. The van der Waals surface area contributed by atoms with Gasteiger partial charge in [0.2, 0.25) is 5.91 Å². The number of amides is 1. The minimum atomic E-state index is -2.89. The Balaban J connectivity index is 1.70. The molecule has 0 spiro atoms. The van der Waals surface area contributed by atoms with Gasteiger partial charge in [-0.1, -0.05) is 19.1 Å². The number of carbonyl (C=O) groups is 1. The molecule has 1 aromatic carbocycles. The topological polar surface area (TPSA) is 75.7 Å². The van der Waals surface area contributed by atoms with Crippen molar-refractivity contribution in [1.29, 1.82) is 0 Å². The third kappa shape index (κ3) is 6.32. The number of methoxy groups -OCH3 is 1. The Kier molecular flexibility index (Phi) is 7.25. The fourth-order valence-corrected chi connectivity index (χ4v) is 4.93. The van der Waals surface area contributed by atoms with Gasteiger partial charge in [0.05, 0.1) is 18.6 Å². The van der Waals surface area contributed by atoms with E-state index in [1.807, 2.05) is 31.2 Å². The Hall–Kier alpha value is -1.60. The summed E-state index contributed by atoms with van der Waals surface area (Å²) in [5.41, 5.74) is 1.12. The van der Waals surface area contributed by atoms with E-state index < -0.39 is 9.84 Å². The van der Waals surface area contributed by atoms with Gasteiger partial charge in [0.25, 0.3) is 0 Å². The number of carbonyl (C=O) groups excluding carboxylic acids is 1. The number of benzene rings is 1. The summed E-state index contributed by atoms with van der Waals surface area (Å²) < 4.78 is 28.4. The van der Waals surface area contributed by atoms with Crippen molar-refractivity contribution in [1.82, 2.24) is 10.2 Å². The summed E-state index contributed by atoms with van der Waals surface area (Å²) in [6, 6.07) is 7.86. The molecule has 0 radical (unpaired) electrons. The summed E-state index contributed by atoms with van der Waals surface area (Å²) in [5, 5.41) is 2.93. The monoisotopic (exact) mass is 368 g/mol. The van der Waals surface area contributed by atoms with Crippen molar-refractivity contribution in [3.63, 3.8) is 0 Å². The van der Waals surface area contributed by atoms with Crippen LogP contribution in [0, 0.1) is 0 Å². The van der Waals surface area contributed by atoms with Gasteiger partial charge in [-0.2, -0.15) is 0 Å². The Morgan fingerprint density at radius 1 is 1.40 bits per heavy atom. The fourth-order valence-electron chi connectivity index (χ4n) is 3.17. The second kappa shape index (κ2) is 9.20. The first-order valence-corrected chi connectivity index (χ1v) is 10.6. The molecule has 2 rings (SSSR count). The van der Waals surface area contributed by atoms with Crippen LogP contribution in [0.1, 0.15) is 25.3 Å². The molecule has 0 aromatic heterocycles. The average Bonchev–Trinajstić information content (AvgIpc) is 2.95. The first kappa shape index (κ1) is 19.7. The van der Waals surface area contributed by atoms with Gasteiger partial charge in [-0.3, -0.25) is 9.69 Å². The van der Waals surface area contributed by atoms with Crippen molar-refractivity contribution in [3.8, 4) is 5.75 Å². The van der Waals surface area contributed by atoms with Gasteiger partial charge in [0, 0.05) is 25.6 Å². The van der Waals surface area contributed by atoms with E-state index >= 15 is 0 Å². The molecule has 25 heavy (non-hydrogen) atoms. The van der Waals surface area contributed by atoms with Crippen LogP contribution >= 0.6 is 0 Å². The molecule has 6 nitrogen and oxygen atoms in total. The zero-order valence-corrected chi connectivity index (χ0v) is 15.8. The molecule has 1 aliphatic rings. The Labute approximate surface area is 150 Å². The highest BCUT2D eigenvalue weighted by molar-refractivity contribution is 7.91. The molecule has 0 saturated carbocycles. The van der Waals surface area contributed by atoms with Gasteiger partial charge in [-0.15, -0.1) is 0 Å². The molecule has 1 unspecified atom stereocenters. The van der Waals surface area contributed by atoms with Gasteiger partial charge in [0.15, 0.2) is 9.84 Å². The molecular weight excluding hydrogens is 340 g/mol. The van der Waals surface area contributed by atoms with Crippen molar-refractivity contribution in [3.05, 3.63) is 29.8 Å². The molecule has 7 heteroatoms. The normalized spacial score (nSPS) is 19.1. The predicted octanol–water partition coefficient (Wildman–Crippen LogP) is 1.25. The van der Waals surface area contributed by atoms with Crippen LogP contribution in [0.2, 0.25) is 0 Å². The Morgan fingerprint density at radius 3 is 2.84 bits per heavy atom. The SMILES string of the molecule is CCN(CCC(=O)NCCc1cccc(OC)c1)C1CCS(=O)(=O)C1. The maximum Gasteiger partial charge on any atom is 0.221 e. The molecule has 0 bridgehead atoms. The van der Waals surface area contributed by atoms with Gasteiger partial charge in [-0.05, 0) is 37.1 Å². The number of nitrogens with one attached hydrogen (secondary N) is 1. The highest BCUT2D eigenvalue weighted by atomic mass is 32.2. The number of rotatable bonds is 9. The van der Waals surface area contributed by atoms with Crippen LogP contribution in [0.3, 0.4) is 0 Å². The summed E-state index contributed by atoms with van der Waals surface area (Å²) in [5.74, 6) is 1.30. The highest BCUT2D eigenvalue weighted by Gasteiger charge is 2.31. The molecule has 1 heterocycles. The number of sulfone groups is 1. The lowest BCUT2D eigenvalue weighted by Crippen LogP contribution is -2.39. The average molecular weight is 368 g/mol. The quantitative estimate of drug-likeness (QED) is 0.710. The summed E-state index contributed by atoms with van der Waals surface area (Å²) in [6.45, 7) is 3.94. The van der Waals surface area contributed by atoms with E-state index in [4.69, 9.17) is 4.74 Å². The first-order valence-electron chi connectivity index (χ1n) is 8.77. The van der Waals surface area contributed by atoms with E-state index in [0.29, 0.717) is 25.9 Å². The van der Waals surface area contributed by atoms with Gasteiger partial charge < -0.3 is 10.1 Å². The summed E-state index contributed by atoms with van der Waals surface area (Å²) in [6.07, 6.45) is 1.82. The van der Waals surface area contributed by atoms with E-state index in [-0.39, 0.29) is 23.5 Å². The van der Waals surface area contributed by atoms with Crippen molar-refractivity contribution < 1.29 is 17.9 Å². The molecule has 1 aromatic rings. The van der Waals surface area contributed by atoms with Crippen LogP contribution in [0.4, 0.5) is 0 Å². The van der Waals surface area contributed by atoms with Crippen LogP contribution in [0.5, 0.6) is 5.75 Å². The van der Waals surface area contributed by atoms with Crippen LogP contribution in [0.25, 0.3) is 0 Å². The summed E-state index contributed by atoms with van der Waals surface area (Å²) >= 11 is 0. The van der Waals surface area contributed by atoms with E-state index in [2.05, 4.69) is 10.2 Å². The van der Waals surface area contributed by atoms with E-state index in [9.17, 15) is 13.2 Å². The summed E-state index contributed by atoms with van der Waals surface area (Å²) in [7, 11) is -1.26. The fraction of sp³-hybridized carbons (Fsp3) is 0.611. The molecule has 1 amide bonds. The van der Waals surface area contributed by atoms with Gasteiger partial charge >= 0.3 is 0 Å². The minimum Gasteiger partial charge on any atom is -0.497 e. The van der Waals surface area contributed by atoms with Crippen molar-refractivity contribution in [2.24, 2.45) is 0 Å². The molecule has 1 N–H and O–H groups in total. The highest BCUT2D eigenvalue weighted by Crippen LogP contribution is 2.17. The summed E-state index contributed by atoms with van der Waals surface area (Å²) in [4.78, 5) is 14.1. The number of hydrogen-bond acceptors (Lipinski definition) is 5. The third-order valence-electron chi connectivity index (χ3n) is 4.63. The largest absolute Gasteiger partial charge is 0.497 e. The molecule has 1 fully saturated rings. The standard InChI is InChI=1S/C18H28N2O4S/c1-3-20(16-9-12-25(22,23)14-16)11-8-18(21)19-10-7-15-5-4-6-17(13-15)24-2/h4-6,13,16H,3,7-12,14H2,1-2H3,(H,19,21). The van der Waals surface area contributed by atoms with E-state index in [1.54, 1.807) is 7.11 Å². The number of nitrogens with zero attached hydrogens (tertiary/aromatic N) is 1. The van der Waals surface area contributed by atoms with Gasteiger partial charge in [-0.25, -0.2) is 8.42 Å². The number of hydrogen-bond donors (Lipinski definition) is 1. The number of ether oxygens (including phenoxy) is 1. The molecule has 1 aliphatic heterocycles. The van der Waals surface area contributed by atoms with Crippen LogP contribution in [-0.4, -0.2) is 63.5 Å². The molecule has 1 atom stereocenters. The van der Waals surface area contributed by atoms with Crippen LogP contribution in [-0.2, 0) is 21.1 Å². The van der Waals surface area contributed by atoms with Crippen molar-refractivity contribution >= 4 is 15.7 Å². The zero-order chi connectivity index (χ0) is 18.3. The Bertz CT molecular complexity index is 675. The second-order valence-electron chi connectivity index (χ2n) is 6.39. The minimum absolute atomic E-state index is 0.00204. The van der Waals surface area contributed by atoms with E-state index in [1.165, 1.54) is 0 Å². The lowest BCUT2D eigenvalue weighted by atomic mass is 10.1. The molecular formula is C18H28N2O4S. The molecule has 1 saturated heterocycles. The lowest BCUT2D eigenvalue weighted by Gasteiger charge is -2.26. The lowest BCUT2D eigenvalue weighted by molar-refractivity contribution is -0.121. The van der Waals surface area contributed by atoms with Gasteiger partial charge in [0.1, 0.15) is 5.75 Å². The molecule has 140 valence electrons. The van der Waals surface area contributed by atoms with E-state index in [0.717, 1.165) is 24.3 Å². The third-order valence-corrected chi connectivity index (χ3v) is 6.38. The predicted molar refractivity (Wildman–Crippen MR) is 98.6 cm³/mol. The van der Waals surface area contributed by atoms with Crippen LogP contribution < -0.4 is 10.1 Å². The van der Waals surface area contributed by atoms with Crippen molar-refractivity contribution in [2.75, 3.05) is 38.2 Å². The first-order chi connectivity index (χ1) is 11.9. The zero-order valence-electron chi connectivity index (χ0n) is 15.0. The Morgan fingerprint density at radius 2 is 2.20 bits per heavy atom. The van der Waals surface area contributed by atoms with Crippen LogP contribution in [0.15, 0.2) is 24.3 Å². The maximum atomic E-state index is 12.0. The maximum absolute atomic E-state index is 12.0. The smallest absolute Gasteiger partial charge is 0.221 e. The molecule has 0 aliphatic carbocycles.